The summed E-state index contributed by atoms with van der Waals surface area (Å²) in [6.45, 7) is 6.66. The highest BCUT2D eigenvalue weighted by atomic mass is 16.6. The van der Waals surface area contributed by atoms with Gasteiger partial charge in [0.15, 0.2) is 6.10 Å². The van der Waals surface area contributed by atoms with Gasteiger partial charge in [-0.05, 0) is 44.9 Å². The van der Waals surface area contributed by atoms with E-state index >= 15 is 0 Å². The minimum absolute atomic E-state index is 0.0661. The molecule has 0 aliphatic rings. The molecule has 0 aromatic rings. The molecule has 0 amide bonds. The van der Waals surface area contributed by atoms with E-state index in [1.165, 1.54) is 212 Å². The van der Waals surface area contributed by atoms with E-state index in [0.29, 0.717) is 19.3 Å². The molecule has 0 spiro atoms. The van der Waals surface area contributed by atoms with Gasteiger partial charge in [0.05, 0.1) is 0 Å². The molecule has 0 bridgehead atoms. The summed E-state index contributed by atoms with van der Waals surface area (Å²) in [4.78, 5) is 38.0. The Bertz CT molecular complexity index is 962. The Balaban J connectivity index is 4.28. The standard InChI is InChI=1S/C56H106O6/c1-4-7-10-13-16-19-22-24-26-27-28-30-31-34-37-40-43-46-49-55(58)61-52-53(51-60-54(57)48-45-42-39-36-33-21-18-15-12-9-6-3)62-56(59)50-47-44-41-38-35-32-29-25-23-20-17-14-11-8-5-2/h20,23,53H,4-19,21-22,24-52H2,1-3H3/b23-20-. The van der Waals surface area contributed by atoms with Crippen LogP contribution in [0.15, 0.2) is 12.2 Å². The summed E-state index contributed by atoms with van der Waals surface area (Å²) in [6, 6.07) is 0. The SMILES string of the molecule is CCCCCC/C=C\CCCCCCCCCC(=O)OC(COC(=O)CCCCCCCCCCCCC)COC(=O)CCCCCCCCCCCCCCCCCCCC. The second-order valence-electron chi connectivity index (χ2n) is 18.9. The van der Waals surface area contributed by atoms with Crippen molar-refractivity contribution in [1.82, 2.24) is 0 Å². The number of rotatable bonds is 51. The third kappa shape index (κ3) is 49.2. The van der Waals surface area contributed by atoms with Crippen LogP contribution in [0, 0.1) is 0 Å². The van der Waals surface area contributed by atoms with Gasteiger partial charge in [-0.15, -0.1) is 0 Å². The van der Waals surface area contributed by atoms with Crippen LogP contribution in [0.4, 0.5) is 0 Å². The van der Waals surface area contributed by atoms with Gasteiger partial charge in [-0.3, -0.25) is 14.4 Å². The zero-order valence-electron chi connectivity index (χ0n) is 41.9. The number of hydrogen-bond acceptors (Lipinski definition) is 6. The molecule has 0 aliphatic heterocycles. The highest BCUT2D eigenvalue weighted by Gasteiger charge is 2.19. The van der Waals surface area contributed by atoms with E-state index in [-0.39, 0.29) is 31.1 Å². The van der Waals surface area contributed by atoms with Crippen molar-refractivity contribution in [2.24, 2.45) is 0 Å². The van der Waals surface area contributed by atoms with Crippen molar-refractivity contribution < 1.29 is 28.6 Å². The predicted octanol–water partition coefficient (Wildman–Crippen LogP) is 18.2. The van der Waals surface area contributed by atoms with Crippen LogP contribution in [0.1, 0.15) is 310 Å². The second kappa shape index (κ2) is 51.8. The summed E-state index contributed by atoms with van der Waals surface area (Å²) in [7, 11) is 0. The zero-order valence-corrected chi connectivity index (χ0v) is 41.9. The monoisotopic (exact) mass is 875 g/mol. The molecule has 1 unspecified atom stereocenters. The Labute approximate surface area is 386 Å². The van der Waals surface area contributed by atoms with E-state index in [1.54, 1.807) is 0 Å². The highest BCUT2D eigenvalue weighted by Crippen LogP contribution is 2.17. The van der Waals surface area contributed by atoms with Crippen LogP contribution in [0.2, 0.25) is 0 Å². The number of allylic oxidation sites excluding steroid dienone is 2. The smallest absolute Gasteiger partial charge is 0.306 e. The molecule has 1 atom stereocenters. The van der Waals surface area contributed by atoms with E-state index in [1.807, 2.05) is 0 Å². The Morgan fingerprint density at radius 3 is 0.823 bits per heavy atom. The van der Waals surface area contributed by atoms with E-state index < -0.39 is 6.10 Å². The minimum Gasteiger partial charge on any atom is -0.462 e. The van der Waals surface area contributed by atoms with Crippen molar-refractivity contribution in [3.63, 3.8) is 0 Å². The summed E-state index contributed by atoms with van der Waals surface area (Å²) < 4.78 is 16.8. The van der Waals surface area contributed by atoms with Crippen molar-refractivity contribution in [3.05, 3.63) is 12.2 Å². The molecule has 6 nitrogen and oxygen atoms in total. The van der Waals surface area contributed by atoms with Crippen molar-refractivity contribution in [3.8, 4) is 0 Å². The topological polar surface area (TPSA) is 78.9 Å². The normalized spacial score (nSPS) is 12.0. The fraction of sp³-hybridized carbons (Fsp3) is 0.911. The Kier molecular flexibility index (Phi) is 50.2. The first-order valence-corrected chi connectivity index (χ1v) is 27.7. The fourth-order valence-electron chi connectivity index (χ4n) is 8.32. The Morgan fingerprint density at radius 2 is 0.532 bits per heavy atom. The van der Waals surface area contributed by atoms with E-state index in [2.05, 4.69) is 32.9 Å². The lowest BCUT2D eigenvalue weighted by molar-refractivity contribution is -0.167. The summed E-state index contributed by atoms with van der Waals surface area (Å²) in [5.74, 6) is -0.851. The molecule has 366 valence electrons. The second-order valence-corrected chi connectivity index (χ2v) is 18.9. The van der Waals surface area contributed by atoms with Gasteiger partial charge in [0, 0.05) is 19.3 Å². The van der Waals surface area contributed by atoms with Gasteiger partial charge in [-0.2, -0.15) is 0 Å². The number of unbranched alkanes of at least 4 members (excludes halogenated alkanes) is 38. The molecule has 0 heterocycles. The minimum atomic E-state index is -0.765. The first-order valence-electron chi connectivity index (χ1n) is 27.7. The van der Waals surface area contributed by atoms with Crippen LogP contribution in [-0.2, 0) is 28.6 Å². The molecule has 0 aliphatic carbocycles. The van der Waals surface area contributed by atoms with Crippen molar-refractivity contribution in [2.75, 3.05) is 13.2 Å². The third-order valence-corrected chi connectivity index (χ3v) is 12.5. The molecule has 0 saturated carbocycles. The maximum absolute atomic E-state index is 12.8. The van der Waals surface area contributed by atoms with Crippen LogP contribution in [0.3, 0.4) is 0 Å². The first-order chi connectivity index (χ1) is 30.5. The average Bonchev–Trinajstić information content (AvgIpc) is 3.27. The highest BCUT2D eigenvalue weighted by molar-refractivity contribution is 5.71. The zero-order chi connectivity index (χ0) is 45.1. The van der Waals surface area contributed by atoms with Crippen molar-refractivity contribution >= 4 is 17.9 Å². The number of ether oxygens (including phenoxy) is 3. The molecule has 0 saturated heterocycles. The van der Waals surface area contributed by atoms with Gasteiger partial charge in [-0.25, -0.2) is 0 Å². The quantitative estimate of drug-likeness (QED) is 0.0262. The van der Waals surface area contributed by atoms with E-state index in [4.69, 9.17) is 14.2 Å². The molecular weight excluding hydrogens is 769 g/mol. The summed E-state index contributed by atoms with van der Waals surface area (Å²) in [5.41, 5.74) is 0. The largest absolute Gasteiger partial charge is 0.462 e. The van der Waals surface area contributed by atoms with Crippen LogP contribution in [0.5, 0.6) is 0 Å². The molecule has 0 radical (unpaired) electrons. The lowest BCUT2D eigenvalue weighted by Crippen LogP contribution is -2.30. The van der Waals surface area contributed by atoms with Crippen LogP contribution in [-0.4, -0.2) is 37.2 Å². The number of carbonyl (C=O) groups is 3. The first kappa shape index (κ1) is 60.2. The molecule has 0 N–H and O–H groups in total. The molecular formula is C56H106O6. The molecule has 0 aromatic heterocycles. The van der Waals surface area contributed by atoms with Gasteiger partial charge >= 0.3 is 17.9 Å². The summed E-state index contributed by atoms with van der Waals surface area (Å²) >= 11 is 0. The third-order valence-electron chi connectivity index (χ3n) is 12.5. The van der Waals surface area contributed by atoms with Gasteiger partial charge in [-0.1, -0.05) is 258 Å². The van der Waals surface area contributed by atoms with Gasteiger partial charge in [0.25, 0.3) is 0 Å². The molecule has 0 fully saturated rings. The molecule has 6 heteroatoms. The Hall–Kier alpha value is -1.85. The fourth-order valence-corrected chi connectivity index (χ4v) is 8.32. The van der Waals surface area contributed by atoms with E-state index in [0.717, 1.165) is 57.8 Å². The summed E-state index contributed by atoms with van der Waals surface area (Å²) in [6.07, 6.45) is 57.7. The predicted molar refractivity (Wildman–Crippen MR) is 266 cm³/mol. The van der Waals surface area contributed by atoms with Crippen LogP contribution in [0.25, 0.3) is 0 Å². The average molecular weight is 875 g/mol. The van der Waals surface area contributed by atoms with Gasteiger partial charge in [0.1, 0.15) is 13.2 Å². The van der Waals surface area contributed by atoms with Crippen LogP contribution < -0.4 is 0 Å². The maximum atomic E-state index is 12.8. The van der Waals surface area contributed by atoms with Gasteiger partial charge < -0.3 is 14.2 Å². The van der Waals surface area contributed by atoms with E-state index in [9.17, 15) is 14.4 Å². The van der Waals surface area contributed by atoms with Gasteiger partial charge in [0.2, 0.25) is 0 Å². The van der Waals surface area contributed by atoms with Crippen molar-refractivity contribution in [1.29, 1.82) is 0 Å². The number of carbonyl (C=O) groups excluding carboxylic acids is 3. The lowest BCUT2D eigenvalue weighted by atomic mass is 10.0. The number of hydrogen-bond donors (Lipinski definition) is 0. The number of esters is 3. The maximum Gasteiger partial charge on any atom is 0.306 e. The molecule has 0 rings (SSSR count). The Morgan fingerprint density at radius 1 is 0.306 bits per heavy atom. The molecule has 62 heavy (non-hydrogen) atoms. The van der Waals surface area contributed by atoms with Crippen molar-refractivity contribution in [2.45, 2.75) is 316 Å². The molecule has 0 aromatic carbocycles. The van der Waals surface area contributed by atoms with Crippen LogP contribution >= 0.6 is 0 Å². The lowest BCUT2D eigenvalue weighted by Gasteiger charge is -2.18. The summed E-state index contributed by atoms with van der Waals surface area (Å²) in [5, 5.41) is 0.